The van der Waals surface area contributed by atoms with Crippen LogP contribution < -0.4 is 0 Å². The Labute approximate surface area is 131 Å². The molecule has 0 atom stereocenters. The van der Waals surface area contributed by atoms with Gasteiger partial charge in [0.2, 0.25) is 0 Å². The maximum Gasteiger partial charge on any atom is 0.123 e. The summed E-state index contributed by atoms with van der Waals surface area (Å²) in [7, 11) is 0. The van der Waals surface area contributed by atoms with E-state index in [0.29, 0.717) is 0 Å². The van der Waals surface area contributed by atoms with Gasteiger partial charge in [-0.2, -0.15) is 0 Å². The molecule has 3 rings (SSSR count). The van der Waals surface area contributed by atoms with Crippen molar-refractivity contribution in [2.24, 2.45) is 0 Å². The first-order valence-electron chi connectivity index (χ1n) is 7.96. The molecule has 0 fully saturated rings. The molecule has 0 amide bonds. The molecule has 0 aliphatic rings. The lowest BCUT2D eigenvalue weighted by Crippen LogP contribution is -2.26. The molecule has 2 heteroatoms. The standard InChI is InChI=1S/C20H22FN/c1-4-20(5-2,15-10-12-16(21)13-11-15)19-14(3)22-18-9-7-6-8-17(18)19/h6-13,22H,4-5H2,1-3H3. The van der Waals surface area contributed by atoms with Gasteiger partial charge < -0.3 is 4.98 Å². The summed E-state index contributed by atoms with van der Waals surface area (Å²) in [5, 5.41) is 1.27. The number of fused-ring (bicyclic) bond motifs is 1. The van der Waals surface area contributed by atoms with Crippen molar-refractivity contribution in [1.29, 1.82) is 0 Å². The van der Waals surface area contributed by atoms with Crippen molar-refractivity contribution in [2.75, 3.05) is 0 Å². The highest BCUT2D eigenvalue weighted by Gasteiger charge is 2.34. The third-order valence-electron chi connectivity index (χ3n) is 4.98. The van der Waals surface area contributed by atoms with Crippen LogP contribution in [0.25, 0.3) is 10.9 Å². The number of H-pyrrole nitrogens is 1. The molecule has 0 saturated heterocycles. The first-order valence-corrected chi connectivity index (χ1v) is 7.96. The molecule has 1 N–H and O–H groups in total. The Morgan fingerprint density at radius 1 is 0.955 bits per heavy atom. The molecule has 2 aromatic carbocycles. The van der Waals surface area contributed by atoms with Crippen LogP contribution >= 0.6 is 0 Å². The molecule has 3 aromatic rings. The zero-order valence-corrected chi connectivity index (χ0v) is 13.4. The van der Waals surface area contributed by atoms with Gasteiger partial charge in [0, 0.05) is 22.0 Å². The number of aromatic amines is 1. The highest BCUT2D eigenvalue weighted by molar-refractivity contribution is 5.86. The van der Waals surface area contributed by atoms with E-state index >= 15 is 0 Å². The van der Waals surface area contributed by atoms with Gasteiger partial charge in [0.15, 0.2) is 0 Å². The number of rotatable bonds is 4. The molecule has 0 bridgehead atoms. The molecule has 0 saturated carbocycles. The summed E-state index contributed by atoms with van der Waals surface area (Å²) in [5.41, 5.74) is 4.82. The van der Waals surface area contributed by atoms with Crippen molar-refractivity contribution in [1.82, 2.24) is 4.98 Å². The van der Waals surface area contributed by atoms with E-state index in [0.717, 1.165) is 12.8 Å². The SMILES string of the molecule is CCC(CC)(c1ccc(F)cc1)c1c(C)[nH]c2ccccc12. The van der Waals surface area contributed by atoms with Gasteiger partial charge >= 0.3 is 0 Å². The van der Waals surface area contributed by atoms with Gasteiger partial charge in [-0.15, -0.1) is 0 Å². The molecule has 0 spiro atoms. The highest BCUT2D eigenvalue weighted by atomic mass is 19.1. The molecule has 0 aliphatic carbocycles. The van der Waals surface area contributed by atoms with Crippen LogP contribution in [0.1, 0.15) is 43.5 Å². The van der Waals surface area contributed by atoms with Gasteiger partial charge in [0.25, 0.3) is 0 Å². The average Bonchev–Trinajstić information content (AvgIpc) is 2.88. The zero-order valence-electron chi connectivity index (χ0n) is 13.4. The number of hydrogen-bond acceptors (Lipinski definition) is 0. The summed E-state index contributed by atoms with van der Waals surface area (Å²) < 4.78 is 13.4. The number of nitrogens with one attached hydrogen (secondary N) is 1. The summed E-state index contributed by atoms with van der Waals surface area (Å²) in [6, 6.07) is 15.4. The van der Waals surface area contributed by atoms with Crippen molar-refractivity contribution in [3.8, 4) is 0 Å². The summed E-state index contributed by atoms with van der Waals surface area (Å²) >= 11 is 0. The zero-order chi connectivity index (χ0) is 15.7. The van der Waals surface area contributed by atoms with Crippen molar-refractivity contribution < 1.29 is 4.39 Å². The van der Waals surface area contributed by atoms with Gasteiger partial charge in [-0.3, -0.25) is 0 Å². The van der Waals surface area contributed by atoms with Crippen LogP contribution in [-0.2, 0) is 5.41 Å². The monoisotopic (exact) mass is 295 g/mol. The van der Waals surface area contributed by atoms with Gasteiger partial charge in [-0.25, -0.2) is 4.39 Å². The third-order valence-corrected chi connectivity index (χ3v) is 4.98. The predicted octanol–water partition coefficient (Wildman–Crippen LogP) is 5.72. The molecular weight excluding hydrogens is 273 g/mol. The summed E-state index contributed by atoms with van der Waals surface area (Å²) in [5.74, 6) is -0.180. The number of aromatic nitrogens is 1. The largest absolute Gasteiger partial charge is 0.358 e. The van der Waals surface area contributed by atoms with E-state index in [1.807, 2.05) is 12.1 Å². The van der Waals surface area contributed by atoms with Crippen molar-refractivity contribution in [3.05, 3.63) is 71.2 Å². The Morgan fingerprint density at radius 2 is 1.59 bits per heavy atom. The molecule has 0 unspecified atom stereocenters. The number of aryl methyl sites for hydroxylation is 1. The number of benzene rings is 2. The Morgan fingerprint density at radius 3 is 2.23 bits per heavy atom. The Balaban J connectivity index is 2.30. The summed E-state index contributed by atoms with van der Waals surface area (Å²) in [6.07, 6.45) is 1.97. The maximum absolute atomic E-state index is 13.4. The number of hydrogen-bond donors (Lipinski definition) is 1. The van der Waals surface area contributed by atoms with Crippen LogP contribution in [0.5, 0.6) is 0 Å². The second-order valence-corrected chi connectivity index (χ2v) is 5.97. The molecule has 0 aliphatic heterocycles. The van der Waals surface area contributed by atoms with E-state index in [1.54, 1.807) is 12.1 Å². The fourth-order valence-corrected chi connectivity index (χ4v) is 3.82. The average molecular weight is 295 g/mol. The summed E-state index contributed by atoms with van der Waals surface area (Å²) in [4.78, 5) is 3.51. The Bertz CT molecular complexity index is 779. The summed E-state index contributed by atoms with van der Waals surface area (Å²) in [6.45, 7) is 6.57. The van der Waals surface area contributed by atoms with Gasteiger partial charge in [0.1, 0.15) is 5.82 Å². The fourth-order valence-electron chi connectivity index (χ4n) is 3.82. The highest BCUT2D eigenvalue weighted by Crippen LogP contribution is 2.43. The van der Waals surface area contributed by atoms with Crippen molar-refractivity contribution in [3.63, 3.8) is 0 Å². The molecule has 22 heavy (non-hydrogen) atoms. The van der Waals surface area contributed by atoms with Gasteiger partial charge in [-0.05, 0) is 49.1 Å². The lowest BCUT2D eigenvalue weighted by atomic mass is 9.69. The van der Waals surface area contributed by atoms with Crippen LogP contribution in [0, 0.1) is 12.7 Å². The molecular formula is C20H22FN. The van der Waals surface area contributed by atoms with E-state index in [2.05, 4.69) is 50.0 Å². The van der Waals surface area contributed by atoms with E-state index in [-0.39, 0.29) is 11.2 Å². The van der Waals surface area contributed by atoms with E-state index < -0.39 is 0 Å². The van der Waals surface area contributed by atoms with E-state index in [4.69, 9.17) is 0 Å². The molecule has 0 radical (unpaired) electrons. The molecule has 1 aromatic heterocycles. The smallest absolute Gasteiger partial charge is 0.123 e. The minimum Gasteiger partial charge on any atom is -0.358 e. The lowest BCUT2D eigenvalue weighted by molar-refractivity contribution is 0.478. The van der Waals surface area contributed by atoms with Crippen molar-refractivity contribution in [2.45, 2.75) is 39.0 Å². The Hall–Kier alpha value is -2.09. The first kappa shape index (κ1) is 14.8. The quantitative estimate of drug-likeness (QED) is 0.633. The molecule has 1 heterocycles. The Kier molecular flexibility index (Phi) is 3.78. The number of para-hydroxylation sites is 1. The topological polar surface area (TPSA) is 15.8 Å². The minimum atomic E-state index is -0.180. The first-order chi connectivity index (χ1) is 10.6. The predicted molar refractivity (Wildman–Crippen MR) is 90.8 cm³/mol. The molecule has 1 nitrogen and oxygen atoms in total. The van der Waals surface area contributed by atoms with Crippen molar-refractivity contribution >= 4 is 10.9 Å². The van der Waals surface area contributed by atoms with Crippen LogP contribution in [-0.4, -0.2) is 4.98 Å². The second-order valence-electron chi connectivity index (χ2n) is 5.97. The normalized spacial score (nSPS) is 12.0. The molecule has 114 valence electrons. The van der Waals surface area contributed by atoms with Crippen LogP contribution in [0.4, 0.5) is 4.39 Å². The van der Waals surface area contributed by atoms with Crippen LogP contribution in [0.2, 0.25) is 0 Å². The van der Waals surface area contributed by atoms with Crippen LogP contribution in [0.3, 0.4) is 0 Å². The van der Waals surface area contributed by atoms with Gasteiger partial charge in [-0.1, -0.05) is 44.2 Å². The number of halogens is 1. The lowest BCUT2D eigenvalue weighted by Gasteiger charge is -2.33. The van der Waals surface area contributed by atoms with Gasteiger partial charge in [0.05, 0.1) is 0 Å². The fraction of sp³-hybridized carbons (Fsp3) is 0.300. The van der Waals surface area contributed by atoms with E-state index in [1.165, 1.54) is 27.7 Å². The van der Waals surface area contributed by atoms with E-state index in [9.17, 15) is 4.39 Å². The second kappa shape index (κ2) is 5.60. The maximum atomic E-state index is 13.4. The van der Waals surface area contributed by atoms with Crippen LogP contribution in [0.15, 0.2) is 48.5 Å². The minimum absolute atomic E-state index is 0.0859. The third kappa shape index (κ3) is 2.14.